The van der Waals surface area contributed by atoms with Crippen LogP contribution in [0.15, 0.2) is 170 Å². The number of hydrogen-bond acceptors (Lipinski definition) is 12. The fourth-order valence-corrected chi connectivity index (χ4v) is 24.5. The summed E-state index contributed by atoms with van der Waals surface area (Å²) in [5.41, 5.74) is 31.6. The van der Waals surface area contributed by atoms with E-state index in [1.165, 1.54) is 72.9 Å². The minimum absolute atomic E-state index is 0.289. The molecule has 20 nitrogen and oxygen atoms in total. The molecule has 14 aliphatic heterocycles. The summed E-state index contributed by atoms with van der Waals surface area (Å²) in [7, 11) is 6.14. The van der Waals surface area contributed by atoms with Crippen LogP contribution in [0, 0.1) is 111 Å². The van der Waals surface area contributed by atoms with Crippen molar-refractivity contribution >= 4 is 92.8 Å². The van der Waals surface area contributed by atoms with Gasteiger partial charge in [0.1, 0.15) is 23.0 Å². The molecule has 8 N–H and O–H groups in total. The third kappa shape index (κ3) is 19.8. The molecule has 4 saturated carbocycles. The lowest BCUT2D eigenvalue weighted by atomic mass is 9.64. The molecular formula is C124H136N8O12. The van der Waals surface area contributed by atoms with Crippen molar-refractivity contribution in [3.8, 4) is 23.0 Å². The molecule has 144 heavy (non-hydrogen) atoms. The van der Waals surface area contributed by atoms with Crippen molar-refractivity contribution in [3.05, 3.63) is 348 Å². The summed E-state index contributed by atoms with van der Waals surface area (Å²) in [6.07, 6.45) is 20.8. The Morgan fingerprint density at radius 1 is 0.160 bits per heavy atom. The van der Waals surface area contributed by atoms with Gasteiger partial charge in [0.05, 0.1) is 28.4 Å². The van der Waals surface area contributed by atoms with Crippen LogP contribution < -0.4 is 61.5 Å². The van der Waals surface area contributed by atoms with Gasteiger partial charge in [0.25, 0.3) is 47.3 Å². The first-order chi connectivity index (χ1) is 68.8. The number of benzene rings is 12. The van der Waals surface area contributed by atoms with E-state index >= 15 is 0 Å². The average Bonchev–Trinajstić information content (AvgIpc) is 0.757. The molecule has 0 saturated heterocycles. The number of hydrogen-bond donors (Lipinski definition) is 8. The van der Waals surface area contributed by atoms with Crippen LogP contribution >= 0.6 is 0 Å². The fourth-order valence-electron chi connectivity index (χ4n) is 24.5. The second-order valence-corrected chi connectivity index (χ2v) is 41.9. The molecule has 4 spiro atoms. The molecule has 4 fully saturated rings. The molecule has 0 aromatic heterocycles. The monoisotopic (exact) mass is 1930 g/mol. The number of anilines is 8. The maximum atomic E-state index is 14.3. The number of aryl methyl sites for hydroxylation is 16. The smallest absolute Gasteiger partial charge is 0.255 e. The lowest BCUT2D eigenvalue weighted by Crippen LogP contribution is -2.31. The zero-order valence-corrected chi connectivity index (χ0v) is 87.2. The quantitative estimate of drug-likeness (QED) is 0.0817. The maximum Gasteiger partial charge on any atom is 0.255 e. The number of carbonyl (C=O) groups is 8. The van der Waals surface area contributed by atoms with E-state index in [2.05, 4.69) is 140 Å². The molecule has 0 unspecified atom stereocenters. The first-order valence-corrected chi connectivity index (χ1v) is 51.1. The molecule has 744 valence electrons. The van der Waals surface area contributed by atoms with Crippen LogP contribution in [0.2, 0.25) is 0 Å². The summed E-state index contributed by atoms with van der Waals surface area (Å²) in [4.78, 5) is 114. The number of methoxy groups -OCH3 is 4. The Bertz CT molecular complexity index is 5820. The van der Waals surface area contributed by atoms with Gasteiger partial charge in [-0.25, -0.2) is 0 Å². The van der Waals surface area contributed by atoms with Crippen molar-refractivity contribution in [2.24, 2.45) is 0 Å². The van der Waals surface area contributed by atoms with E-state index in [1.807, 2.05) is 111 Å². The van der Waals surface area contributed by atoms with Crippen LogP contribution in [-0.4, -0.2) is 75.7 Å². The topological polar surface area (TPSA) is 270 Å². The normalized spacial score (nSPS) is 16.7. The highest BCUT2D eigenvalue weighted by molar-refractivity contribution is 6.14. The lowest BCUT2D eigenvalue weighted by molar-refractivity contribution is 0.101. The van der Waals surface area contributed by atoms with Crippen LogP contribution in [0.5, 0.6) is 23.0 Å². The largest absolute Gasteiger partial charge is 0.497 e. The minimum Gasteiger partial charge on any atom is -0.497 e. The van der Waals surface area contributed by atoms with Crippen molar-refractivity contribution in [3.63, 3.8) is 0 Å². The van der Waals surface area contributed by atoms with Crippen molar-refractivity contribution < 1.29 is 57.3 Å². The molecule has 12 aromatic carbocycles. The number of nitrogens with one attached hydrogen (secondary N) is 8. The van der Waals surface area contributed by atoms with E-state index < -0.39 is 0 Å². The second-order valence-electron chi connectivity index (χ2n) is 41.9. The standard InChI is InChI=1S/2C62H68N4O6/c2*1-35-21-47-22-36(2)53(35)63-57(67)43-29-44(32-51(31-43)71-9)58(68)65-55-39(5)25-49(26-40(55)6)62(19-15-12-16-20-62)50-27-41(7)56(42(8)28-50)66-60(70)46-30-45(33-52(34-46)72-10)59(69)64-54-37(3)23-48(24-38(54)4)61(47)17-13-11-14-18-61/h2*21-34H,11-20H2,1-10H3,(H,63,67)(H,64,69)(H,65,68)(H,66,70). The molecule has 12 aromatic rings. The van der Waals surface area contributed by atoms with Crippen molar-refractivity contribution in [2.45, 2.75) is 261 Å². The molecule has 20 heteroatoms. The van der Waals surface area contributed by atoms with Crippen LogP contribution in [0.25, 0.3) is 0 Å². The van der Waals surface area contributed by atoms with Gasteiger partial charge >= 0.3 is 0 Å². The van der Waals surface area contributed by atoms with E-state index in [0.717, 1.165) is 263 Å². The number of ether oxygens (including phenoxy) is 4. The Hall–Kier alpha value is -14.4. The summed E-state index contributed by atoms with van der Waals surface area (Å²) >= 11 is 0. The Labute approximate surface area is 847 Å². The zero-order valence-electron chi connectivity index (χ0n) is 87.2. The molecule has 30 rings (SSSR count). The van der Waals surface area contributed by atoms with Crippen molar-refractivity contribution in [1.29, 1.82) is 0 Å². The molecule has 14 heterocycles. The van der Waals surface area contributed by atoms with Crippen LogP contribution in [0.4, 0.5) is 45.5 Å². The molecular weight excluding hydrogens is 1790 g/mol. The molecule has 24 bridgehead atoms. The number of carbonyl (C=O) groups excluding carboxylic acids is 8. The van der Waals surface area contributed by atoms with E-state index in [4.69, 9.17) is 18.9 Å². The first kappa shape index (κ1) is 101. The second kappa shape index (κ2) is 41.1. The summed E-state index contributed by atoms with van der Waals surface area (Å²) in [5, 5.41) is 25.6. The van der Waals surface area contributed by atoms with Crippen LogP contribution in [-0.2, 0) is 21.7 Å². The average molecular weight is 1930 g/mol. The Morgan fingerprint density at radius 3 is 0.361 bits per heavy atom. The van der Waals surface area contributed by atoms with Crippen molar-refractivity contribution in [2.75, 3.05) is 71.0 Å². The molecule has 8 amide bonds. The molecule has 0 atom stereocenters. The minimum atomic E-state index is -0.343. The van der Waals surface area contributed by atoms with Gasteiger partial charge in [-0.15, -0.1) is 0 Å². The highest BCUT2D eigenvalue weighted by atomic mass is 16.5. The van der Waals surface area contributed by atoms with Crippen LogP contribution in [0.1, 0.15) is 345 Å². The third-order valence-corrected chi connectivity index (χ3v) is 32.1. The SMILES string of the molecule is COc1cc2cc(c1)C(=O)Nc1c(C)cc(cc1C)C1(CCCCC1)c1cc(C)c(c(C)c1)NC(=O)c1cc(OC)cc(c1)C(=O)Nc1c(C)cc(cc1C)C1(CCCCC1)c1cc(C)c(c(C)c1)NC2=O.COc1cc2cc(c1)C(=O)Nc1c(C)cc(cc1C)C1(CCCCC1)c1cc(C)c(c(C)c1)NC(=O)c1cc(OC)cc(c1)C(=O)Nc1c(C)cc(cc1C)C1(CCCCC1)c1cc(C)c(c(C)c1)NC2=O. The van der Waals surface area contributed by atoms with Gasteiger partial charge in [-0.05, 0) is 368 Å². The summed E-state index contributed by atoms with van der Waals surface area (Å²) < 4.78 is 22.7. The highest BCUT2D eigenvalue weighted by Gasteiger charge is 2.43. The number of rotatable bonds is 4. The van der Waals surface area contributed by atoms with Gasteiger partial charge < -0.3 is 61.5 Å². The van der Waals surface area contributed by atoms with Crippen LogP contribution in [0.3, 0.4) is 0 Å². The Morgan fingerprint density at radius 2 is 0.264 bits per heavy atom. The van der Waals surface area contributed by atoms with Gasteiger partial charge in [0, 0.05) is 112 Å². The maximum absolute atomic E-state index is 14.3. The van der Waals surface area contributed by atoms with E-state index in [9.17, 15) is 38.4 Å². The Kier molecular flexibility index (Phi) is 28.9. The predicted molar refractivity (Wildman–Crippen MR) is 578 cm³/mol. The zero-order chi connectivity index (χ0) is 102. The molecule has 0 radical (unpaired) electrons. The van der Waals surface area contributed by atoms with Gasteiger partial charge in [-0.3, -0.25) is 38.4 Å². The Balaban J connectivity index is 0.000000198. The van der Waals surface area contributed by atoms with Crippen molar-refractivity contribution in [1.82, 2.24) is 0 Å². The van der Waals surface area contributed by atoms with E-state index in [1.54, 1.807) is 72.8 Å². The molecule has 4 aliphatic carbocycles. The van der Waals surface area contributed by atoms with E-state index in [0.29, 0.717) is 67.5 Å². The summed E-state index contributed by atoms with van der Waals surface area (Å²) in [6.45, 7) is 32.5. The van der Waals surface area contributed by atoms with Gasteiger partial charge in [-0.1, -0.05) is 174 Å². The van der Waals surface area contributed by atoms with Gasteiger partial charge in [0.2, 0.25) is 0 Å². The van der Waals surface area contributed by atoms with E-state index in [-0.39, 0.29) is 68.9 Å². The highest BCUT2D eigenvalue weighted by Crippen LogP contribution is 2.54. The predicted octanol–water partition coefficient (Wildman–Crippen LogP) is 28.0. The lowest BCUT2D eigenvalue weighted by Gasteiger charge is -2.40. The van der Waals surface area contributed by atoms with Gasteiger partial charge in [0.15, 0.2) is 0 Å². The first-order valence-electron chi connectivity index (χ1n) is 51.1. The van der Waals surface area contributed by atoms with Gasteiger partial charge in [-0.2, -0.15) is 0 Å². The fraction of sp³-hybridized carbons (Fsp3) is 0.355. The third-order valence-electron chi connectivity index (χ3n) is 32.1. The number of amides is 8. The molecule has 18 aliphatic rings. The summed E-state index contributed by atoms with van der Waals surface area (Å²) in [6, 6.07) is 55.2. The summed E-state index contributed by atoms with van der Waals surface area (Å²) in [5.74, 6) is -1.14.